The molecule has 0 bridgehead atoms. The lowest BCUT2D eigenvalue weighted by Crippen LogP contribution is -2.35. The highest BCUT2D eigenvalue weighted by Crippen LogP contribution is 2.16. The number of benzene rings is 1. The van der Waals surface area contributed by atoms with Crippen LogP contribution in [0.4, 0.5) is 0 Å². The predicted molar refractivity (Wildman–Crippen MR) is 76.4 cm³/mol. The van der Waals surface area contributed by atoms with Crippen molar-refractivity contribution in [2.24, 2.45) is 5.73 Å². The van der Waals surface area contributed by atoms with E-state index in [-0.39, 0.29) is 5.82 Å². The van der Waals surface area contributed by atoms with Gasteiger partial charge in [0.25, 0.3) is 5.91 Å². The highest BCUT2D eigenvalue weighted by molar-refractivity contribution is 5.89. The number of hydrogen-bond donors (Lipinski definition) is 2. The molecule has 1 aliphatic heterocycles. The molecule has 1 saturated heterocycles. The van der Waals surface area contributed by atoms with Crippen LogP contribution in [0.3, 0.4) is 0 Å². The number of nitrogens with two attached hydrogens (primary N) is 1. The summed E-state index contributed by atoms with van der Waals surface area (Å²) in [7, 11) is 0. The van der Waals surface area contributed by atoms with Crippen LogP contribution in [0.1, 0.15) is 16.2 Å². The van der Waals surface area contributed by atoms with Gasteiger partial charge in [0.1, 0.15) is 0 Å². The van der Waals surface area contributed by atoms with Gasteiger partial charge >= 0.3 is 0 Å². The van der Waals surface area contributed by atoms with Gasteiger partial charge < -0.3 is 10.5 Å². The Bertz CT molecular complexity index is 617. The first-order chi connectivity index (χ1) is 10.2. The number of aromatic nitrogens is 3. The predicted octanol–water partition coefficient (Wildman–Crippen LogP) is 0.403. The van der Waals surface area contributed by atoms with E-state index in [9.17, 15) is 4.79 Å². The van der Waals surface area contributed by atoms with Crippen molar-refractivity contribution in [3.8, 4) is 11.4 Å². The number of rotatable bonds is 4. The number of carbonyl (C=O) groups is 1. The lowest BCUT2D eigenvalue weighted by molar-refractivity contribution is 0.0342. The fourth-order valence-corrected chi connectivity index (χ4v) is 2.28. The van der Waals surface area contributed by atoms with Crippen LogP contribution in [-0.4, -0.2) is 52.3 Å². The molecule has 0 unspecified atom stereocenters. The first-order valence-electron chi connectivity index (χ1n) is 6.84. The molecule has 7 nitrogen and oxygen atoms in total. The van der Waals surface area contributed by atoms with Gasteiger partial charge in [0.15, 0.2) is 5.82 Å². The number of hydrogen-bond acceptors (Lipinski definition) is 5. The smallest absolute Gasteiger partial charge is 0.286 e. The molecule has 1 aliphatic rings. The Morgan fingerprint density at radius 2 is 2.00 bits per heavy atom. The lowest BCUT2D eigenvalue weighted by atomic mass is 10.1. The van der Waals surface area contributed by atoms with E-state index < -0.39 is 5.91 Å². The summed E-state index contributed by atoms with van der Waals surface area (Å²) in [5, 5.41) is 6.52. The molecule has 0 atom stereocenters. The van der Waals surface area contributed by atoms with E-state index >= 15 is 0 Å². The molecule has 7 heteroatoms. The minimum absolute atomic E-state index is 0.0717. The minimum Gasteiger partial charge on any atom is -0.379 e. The molecule has 3 rings (SSSR count). The van der Waals surface area contributed by atoms with Crippen LogP contribution in [0.25, 0.3) is 11.4 Å². The van der Waals surface area contributed by atoms with Crippen molar-refractivity contribution in [3.05, 3.63) is 35.7 Å². The molecule has 110 valence electrons. The summed E-state index contributed by atoms with van der Waals surface area (Å²) < 4.78 is 5.34. The quantitative estimate of drug-likeness (QED) is 0.848. The summed E-state index contributed by atoms with van der Waals surface area (Å²) >= 11 is 0. The van der Waals surface area contributed by atoms with Gasteiger partial charge in [0.2, 0.25) is 5.82 Å². The van der Waals surface area contributed by atoms with Gasteiger partial charge in [-0.25, -0.2) is 4.98 Å². The van der Waals surface area contributed by atoms with Crippen molar-refractivity contribution in [1.82, 2.24) is 20.1 Å². The topological polar surface area (TPSA) is 97.1 Å². The molecular weight excluding hydrogens is 270 g/mol. The van der Waals surface area contributed by atoms with Gasteiger partial charge in [-0.2, -0.15) is 5.10 Å². The first kappa shape index (κ1) is 13.7. The Morgan fingerprint density at radius 1 is 1.29 bits per heavy atom. The summed E-state index contributed by atoms with van der Waals surface area (Å²) in [5.74, 6) is -0.0678. The Morgan fingerprint density at radius 3 is 2.62 bits per heavy atom. The van der Waals surface area contributed by atoms with Crippen molar-refractivity contribution >= 4 is 5.91 Å². The van der Waals surface area contributed by atoms with Crippen LogP contribution in [0.5, 0.6) is 0 Å². The SMILES string of the molecule is NC(=O)c1nc(-c2ccc(CN3CCOCC3)cc2)n[nH]1. The van der Waals surface area contributed by atoms with Crippen LogP contribution < -0.4 is 5.73 Å². The van der Waals surface area contributed by atoms with Crippen molar-refractivity contribution < 1.29 is 9.53 Å². The lowest BCUT2D eigenvalue weighted by Gasteiger charge is -2.26. The number of H-pyrrole nitrogens is 1. The summed E-state index contributed by atoms with van der Waals surface area (Å²) in [6.45, 7) is 4.43. The van der Waals surface area contributed by atoms with Crippen LogP contribution in [0, 0.1) is 0 Å². The second-order valence-electron chi connectivity index (χ2n) is 4.96. The molecular formula is C14H17N5O2. The maximum atomic E-state index is 11.0. The third-order valence-electron chi connectivity index (χ3n) is 3.44. The van der Waals surface area contributed by atoms with Gasteiger partial charge in [-0.3, -0.25) is 14.8 Å². The number of aromatic amines is 1. The summed E-state index contributed by atoms with van der Waals surface area (Å²) in [4.78, 5) is 17.4. The number of carbonyl (C=O) groups excluding carboxylic acids is 1. The van der Waals surface area contributed by atoms with E-state index in [1.807, 2.05) is 24.3 Å². The standard InChI is InChI=1S/C14H17N5O2/c15-12(20)14-16-13(17-18-14)11-3-1-10(2-4-11)9-19-5-7-21-8-6-19/h1-4H,5-9H2,(H2,15,20)(H,16,17,18). The highest BCUT2D eigenvalue weighted by atomic mass is 16.5. The van der Waals surface area contributed by atoms with Gasteiger partial charge in [-0.1, -0.05) is 24.3 Å². The molecule has 0 spiro atoms. The van der Waals surface area contributed by atoms with Crippen LogP contribution >= 0.6 is 0 Å². The zero-order valence-electron chi connectivity index (χ0n) is 11.6. The third kappa shape index (κ3) is 3.26. The van der Waals surface area contributed by atoms with Crippen molar-refractivity contribution in [3.63, 3.8) is 0 Å². The molecule has 2 aromatic rings. The zero-order chi connectivity index (χ0) is 14.7. The molecule has 0 aliphatic carbocycles. The summed E-state index contributed by atoms with van der Waals surface area (Å²) in [6, 6.07) is 7.99. The van der Waals surface area contributed by atoms with Gasteiger partial charge in [-0.05, 0) is 5.56 Å². The molecule has 1 aromatic heterocycles. The first-order valence-corrected chi connectivity index (χ1v) is 6.84. The average Bonchev–Trinajstić information content (AvgIpc) is 2.99. The van der Waals surface area contributed by atoms with Crippen LogP contribution in [0.2, 0.25) is 0 Å². The van der Waals surface area contributed by atoms with Crippen LogP contribution in [-0.2, 0) is 11.3 Å². The molecule has 2 heterocycles. The van der Waals surface area contributed by atoms with E-state index in [4.69, 9.17) is 10.5 Å². The van der Waals surface area contributed by atoms with E-state index in [0.717, 1.165) is 38.4 Å². The van der Waals surface area contributed by atoms with Gasteiger partial charge in [-0.15, -0.1) is 0 Å². The Labute approximate surface area is 122 Å². The Balaban J connectivity index is 1.69. The molecule has 1 aromatic carbocycles. The van der Waals surface area contributed by atoms with Crippen molar-refractivity contribution in [2.75, 3.05) is 26.3 Å². The van der Waals surface area contributed by atoms with Crippen molar-refractivity contribution in [2.45, 2.75) is 6.54 Å². The fraction of sp³-hybridized carbons (Fsp3) is 0.357. The fourth-order valence-electron chi connectivity index (χ4n) is 2.28. The highest BCUT2D eigenvalue weighted by Gasteiger charge is 2.12. The second-order valence-corrected chi connectivity index (χ2v) is 4.96. The van der Waals surface area contributed by atoms with Crippen molar-refractivity contribution in [1.29, 1.82) is 0 Å². The van der Waals surface area contributed by atoms with Crippen LogP contribution in [0.15, 0.2) is 24.3 Å². The molecule has 3 N–H and O–H groups in total. The second kappa shape index (κ2) is 6.02. The molecule has 1 amide bonds. The monoisotopic (exact) mass is 287 g/mol. The number of amides is 1. The minimum atomic E-state index is -0.613. The number of morpholine rings is 1. The number of nitrogens with zero attached hydrogens (tertiary/aromatic N) is 3. The van der Waals surface area contributed by atoms with E-state index in [0.29, 0.717) is 5.82 Å². The van der Waals surface area contributed by atoms with E-state index in [1.165, 1.54) is 5.56 Å². The van der Waals surface area contributed by atoms with E-state index in [2.05, 4.69) is 20.1 Å². The largest absolute Gasteiger partial charge is 0.379 e. The maximum Gasteiger partial charge on any atom is 0.286 e. The molecule has 1 fully saturated rings. The summed E-state index contributed by atoms with van der Waals surface area (Å²) in [6.07, 6.45) is 0. The van der Waals surface area contributed by atoms with Gasteiger partial charge in [0.05, 0.1) is 13.2 Å². The molecule has 0 saturated carbocycles. The average molecular weight is 287 g/mol. The Hall–Kier alpha value is -2.25. The zero-order valence-corrected chi connectivity index (χ0v) is 11.6. The normalized spacial score (nSPS) is 16.0. The Kier molecular flexibility index (Phi) is 3.94. The molecule has 21 heavy (non-hydrogen) atoms. The maximum absolute atomic E-state index is 11.0. The van der Waals surface area contributed by atoms with Gasteiger partial charge in [0, 0.05) is 25.2 Å². The number of primary amides is 1. The van der Waals surface area contributed by atoms with E-state index in [1.54, 1.807) is 0 Å². The summed E-state index contributed by atoms with van der Waals surface area (Å²) in [5.41, 5.74) is 7.22. The molecule has 0 radical (unpaired) electrons. The number of ether oxygens (including phenoxy) is 1. The third-order valence-corrected chi connectivity index (χ3v) is 3.44. The number of nitrogens with one attached hydrogen (secondary N) is 1.